The highest BCUT2D eigenvalue weighted by Gasteiger charge is 2.33. The molecule has 0 N–H and O–H groups in total. The smallest absolute Gasteiger partial charge is 0.227 e. The Morgan fingerprint density at radius 1 is 1.28 bits per heavy atom. The van der Waals surface area contributed by atoms with Gasteiger partial charge in [-0.2, -0.15) is 0 Å². The van der Waals surface area contributed by atoms with Gasteiger partial charge < -0.3 is 4.90 Å². The van der Waals surface area contributed by atoms with Crippen LogP contribution in [0.5, 0.6) is 0 Å². The van der Waals surface area contributed by atoms with E-state index >= 15 is 0 Å². The SMILES string of the molecule is O=C1Cc2c(sc3ccccc23)C[C@@H]2CCCN12. The van der Waals surface area contributed by atoms with Gasteiger partial charge in [0.25, 0.3) is 0 Å². The Morgan fingerprint density at radius 3 is 3.11 bits per heavy atom. The molecule has 1 fully saturated rings. The lowest BCUT2D eigenvalue weighted by Crippen LogP contribution is -2.35. The second-order valence-electron chi connectivity index (χ2n) is 5.26. The van der Waals surface area contributed by atoms with Gasteiger partial charge in [0.15, 0.2) is 0 Å². The number of carbonyl (C=O) groups excluding carboxylic acids is 1. The number of carbonyl (C=O) groups is 1. The first-order valence-electron chi connectivity index (χ1n) is 6.61. The molecule has 0 aliphatic carbocycles. The summed E-state index contributed by atoms with van der Waals surface area (Å²) in [6.07, 6.45) is 4.03. The molecule has 0 radical (unpaired) electrons. The fraction of sp³-hybridized carbons (Fsp3) is 0.400. The third-order valence-corrected chi connectivity index (χ3v) is 5.46. The Morgan fingerprint density at radius 2 is 2.17 bits per heavy atom. The van der Waals surface area contributed by atoms with Crippen LogP contribution in [-0.2, 0) is 17.6 Å². The average Bonchev–Trinajstić information content (AvgIpc) is 2.93. The van der Waals surface area contributed by atoms with E-state index in [1.165, 1.54) is 33.4 Å². The van der Waals surface area contributed by atoms with E-state index in [4.69, 9.17) is 0 Å². The van der Waals surface area contributed by atoms with Crippen molar-refractivity contribution in [1.29, 1.82) is 0 Å². The summed E-state index contributed by atoms with van der Waals surface area (Å²) < 4.78 is 1.33. The molecule has 1 aromatic carbocycles. The molecule has 1 aromatic heterocycles. The molecule has 2 aromatic rings. The number of fused-ring (bicyclic) bond motifs is 4. The van der Waals surface area contributed by atoms with Crippen LogP contribution in [0.25, 0.3) is 10.1 Å². The molecular weight excluding hydrogens is 242 g/mol. The fourth-order valence-electron chi connectivity index (χ4n) is 3.35. The molecule has 1 saturated heterocycles. The van der Waals surface area contributed by atoms with Crippen LogP contribution in [-0.4, -0.2) is 23.4 Å². The molecule has 2 aliphatic heterocycles. The first-order chi connectivity index (χ1) is 8.83. The molecule has 0 saturated carbocycles. The first kappa shape index (κ1) is 10.6. The van der Waals surface area contributed by atoms with Gasteiger partial charge in [-0.3, -0.25) is 4.79 Å². The highest BCUT2D eigenvalue weighted by atomic mass is 32.1. The van der Waals surface area contributed by atoms with E-state index in [2.05, 4.69) is 29.2 Å². The third kappa shape index (κ3) is 1.43. The predicted octanol–water partition coefficient (Wildman–Crippen LogP) is 2.99. The quantitative estimate of drug-likeness (QED) is 0.710. The van der Waals surface area contributed by atoms with E-state index in [0.717, 1.165) is 13.0 Å². The number of amides is 1. The molecule has 0 bridgehead atoms. The zero-order valence-corrected chi connectivity index (χ0v) is 11.0. The van der Waals surface area contributed by atoms with Crippen molar-refractivity contribution in [2.75, 3.05) is 6.54 Å². The molecule has 2 aliphatic rings. The summed E-state index contributed by atoms with van der Waals surface area (Å²) >= 11 is 1.89. The number of rotatable bonds is 0. The van der Waals surface area contributed by atoms with Gasteiger partial charge in [0.2, 0.25) is 5.91 Å². The van der Waals surface area contributed by atoms with Crippen LogP contribution >= 0.6 is 11.3 Å². The summed E-state index contributed by atoms with van der Waals surface area (Å²) in [6, 6.07) is 8.96. The van der Waals surface area contributed by atoms with E-state index in [0.29, 0.717) is 18.4 Å². The molecule has 1 amide bonds. The number of benzene rings is 1. The minimum atomic E-state index is 0.333. The van der Waals surface area contributed by atoms with Gasteiger partial charge in [-0.1, -0.05) is 18.2 Å². The maximum Gasteiger partial charge on any atom is 0.227 e. The summed E-state index contributed by atoms with van der Waals surface area (Å²) in [6.45, 7) is 0.969. The number of hydrogen-bond donors (Lipinski definition) is 0. The van der Waals surface area contributed by atoms with Crippen LogP contribution in [0.15, 0.2) is 24.3 Å². The Kier molecular flexibility index (Phi) is 2.24. The molecule has 2 nitrogen and oxygen atoms in total. The van der Waals surface area contributed by atoms with Crippen molar-refractivity contribution in [3.63, 3.8) is 0 Å². The molecule has 0 spiro atoms. The summed E-state index contributed by atoms with van der Waals surface area (Å²) in [4.78, 5) is 15.9. The molecule has 4 rings (SSSR count). The Balaban J connectivity index is 1.88. The molecule has 1 atom stereocenters. The van der Waals surface area contributed by atoms with Crippen molar-refractivity contribution in [3.8, 4) is 0 Å². The Hall–Kier alpha value is -1.35. The van der Waals surface area contributed by atoms with Crippen LogP contribution < -0.4 is 0 Å². The Labute approximate surface area is 110 Å². The summed E-state index contributed by atoms with van der Waals surface area (Å²) in [7, 11) is 0. The molecular formula is C15H15NOS. The van der Waals surface area contributed by atoms with Crippen molar-refractivity contribution >= 4 is 27.3 Å². The lowest BCUT2D eigenvalue weighted by atomic mass is 10.0. The van der Waals surface area contributed by atoms with Crippen LogP contribution in [0.4, 0.5) is 0 Å². The van der Waals surface area contributed by atoms with E-state index in [1.54, 1.807) is 0 Å². The maximum atomic E-state index is 12.3. The number of hydrogen-bond acceptors (Lipinski definition) is 2. The zero-order chi connectivity index (χ0) is 12.1. The van der Waals surface area contributed by atoms with Gasteiger partial charge >= 0.3 is 0 Å². The summed E-state index contributed by atoms with van der Waals surface area (Å²) in [5.74, 6) is 0.333. The van der Waals surface area contributed by atoms with Crippen LogP contribution in [0.3, 0.4) is 0 Å². The van der Waals surface area contributed by atoms with Crippen molar-refractivity contribution in [2.24, 2.45) is 0 Å². The standard InChI is InChI=1S/C15H15NOS/c17-15-9-12-11-5-1-2-6-13(11)18-14(12)8-10-4-3-7-16(10)15/h1-2,5-6,10H,3-4,7-9H2/t10-/m0/s1. The van der Waals surface area contributed by atoms with Crippen LogP contribution in [0.2, 0.25) is 0 Å². The van der Waals surface area contributed by atoms with Crippen molar-refractivity contribution in [3.05, 3.63) is 34.7 Å². The molecule has 3 heteroatoms. The highest BCUT2D eigenvalue weighted by molar-refractivity contribution is 7.19. The average molecular weight is 257 g/mol. The summed E-state index contributed by atoms with van der Waals surface area (Å²) in [5, 5.41) is 1.30. The number of thiophene rings is 1. The van der Waals surface area contributed by atoms with E-state index in [-0.39, 0.29) is 0 Å². The zero-order valence-electron chi connectivity index (χ0n) is 10.2. The second-order valence-corrected chi connectivity index (χ2v) is 6.40. The second kappa shape index (κ2) is 3.82. The van der Waals surface area contributed by atoms with Gasteiger partial charge in [0, 0.05) is 28.6 Å². The minimum absolute atomic E-state index is 0.333. The molecule has 3 heterocycles. The fourth-order valence-corrected chi connectivity index (χ4v) is 4.65. The molecule has 92 valence electrons. The van der Waals surface area contributed by atoms with E-state index < -0.39 is 0 Å². The van der Waals surface area contributed by atoms with Crippen LogP contribution in [0.1, 0.15) is 23.3 Å². The third-order valence-electron chi connectivity index (χ3n) is 4.23. The monoisotopic (exact) mass is 257 g/mol. The molecule has 18 heavy (non-hydrogen) atoms. The Bertz CT molecular complexity index is 630. The van der Waals surface area contributed by atoms with Gasteiger partial charge in [-0.15, -0.1) is 11.3 Å². The minimum Gasteiger partial charge on any atom is -0.339 e. The molecule has 0 unspecified atom stereocenters. The summed E-state index contributed by atoms with van der Waals surface area (Å²) in [5.41, 5.74) is 1.30. The van der Waals surface area contributed by atoms with Crippen molar-refractivity contribution < 1.29 is 4.79 Å². The van der Waals surface area contributed by atoms with E-state index in [9.17, 15) is 4.79 Å². The lowest BCUT2D eigenvalue weighted by molar-refractivity contribution is -0.130. The largest absolute Gasteiger partial charge is 0.339 e. The van der Waals surface area contributed by atoms with Gasteiger partial charge in [-0.05, 0) is 29.9 Å². The topological polar surface area (TPSA) is 20.3 Å². The maximum absolute atomic E-state index is 12.3. The lowest BCUT2D eigenvalue weighted by Gasteiger charge is -2.21. The van der Waals surface area contributed by atoms with Crippen molar-refractivity contribution in [1.82, 2.24) is 4.90 Å². The van der Waals surface area contributed by atoms with Gasteiger partial charge in [0.1, 0.15) is 0 Å². The predicted molar refractivity (Wildman–Crippen MR) is 74.0 cm³/mol. The number of nitrogens with zero attached hydrogens (tertiary/aromatic N) is 1. The normalized spacial score (nSPS) is 23.0. The highest BCUT2D eigenvalue weighted by Crippen LogP contribution is 2.37. The van der Waals surface area contributed by atoms with Gasteiger partial charge in [-0.25, -0.2) is 0 Å². The van der Waals surface area contributed by atoms with Crippen molar-refractivity contribution in [2.45, 2.75) is 31.7 Å². The van der Waals surface area contributed by atoms with Gasteiger partial charge in [0.05, 0.1) is 6.42 Å². The van der Waals surface area contributed by atoms with E-state index in [1.807, 2.05) is 11.3 Å². The van der Waals surface area contributed by atoms with Crippen LogP contribution in [0, 0.1) is 0 Å². The first-order valence-corrected chi connectivity index (χ1v) is 7.43.